The van der Waals surface area contributed by atoms with Gasteiger partial charge in [-0.3, -0.25) is 4.68 Å². The predicted octanol–water partition coefficient (Wildman–Crippen LogP) is 4.49. The van der Waals surface area contributed by atoms with E-state index >= 15 is 0 Å². The van der Waals surface area contributed by atoms with E-state index in [9.17, 15) is 9.50 Å². The van der Waals surface area contributed by atoms with Crippen LogP contribution in [0.1, 0.15) is 10.6 Å². The lowest BCUT2D eigenvalue weighted by Gasteiger charge is -2.00. The van der Waals surface area contributed by atoms with Gasteiger partial charge < -0.3 is 5.11 Å². The summed E-state index contributed by atoms with van der Waals surface area (Å²) in [7, 11) is 0. The van der Waals surface area contributed by atoms with Crippen LogP contribution in [0.4, 0.5) is 4.39 Å². The molecule has 4 rings (SSSR count). The molecule has 0 saturated carbocycles. The van der Waals surface area contributed by atoms with Crippen molar-refractivity contribution in [1.82, 2.24) is 14.8 Å². The first-order chi connectivity index (χ1) is 11.7. The summed E-state index contributed by atoms with van der Waals surface area (Å²) in [6.07, 6.45) is 5.67. The molecule has 0 radical (unpaired) electrons. The number of alkyl halides is 1. The average Bonchev–Trinajstić information content (AvgIpc) is 3.16. The summed E-state index contributed by atoms with van der Waals surface area (Å²) in [5.41, 5.74) is 2.79. The second kappa shape index (κ2) is 6.05. The Balaban J connectivity index is 1.66. The maximum Gasteiger partial charge on any atom is 0.117 e. The maximum absolute atomic E-state index is 12.6. The molecule has 24 heavy (non-hydrogen) atoms. The van der Waals surface area contributed by atoms with Gasteiger partial charge in [-0.05, 0) is 35.9 Å². The van der Waals surface area contributed by atoms with Crippen LogP contribution in [-0.2, 0) is 6.54 Å². The first-order valence-electron chi connectivity index (χ1n) is 7.52. The van der Waals surface area contributed by atoms with Crippen LogP contribution in [0.15, 0.2) is 42.6 Å². The van der Waals surface area contributed by atoms with Gasteiger partial charge in [-0.25, -0.2) is 9.37 Å². The Morgan fingerprint density at radius 3 is 2.96 bits per heavy atom. The molecule has 1 N–H and O–H groups in total. The third-order valence-electron chi connectivity index (χ3n) is 3.77. The van der Waals surface area contributed by atoms with E-state index in [1.807, 2.05) is 30.4 Å². The molecule has 0 aliphatic carbocycles. The fourth-order valence-corrected chi connectivity index (χ4v) is 3.52. The lowest BCUT2D eigenvalue weighted by atomic mass is 10.1. The fourth-order valence-electron chi connectivity index (χ4n) is 2.62. The summed E-state index contributed by atoms with van der Waals surface area (Å²) in [6.45, 7) is -0.173. The smallest absolute Gasteiger partial charge is 0.117 e. The Bertz CT molecular complexity index is 1050. The Morgan fingerprint density at radius 1 is 1.17 bits per heavy atom. The van der Waals surface area contributed by atoms with Gasteiger partial charge >= 0.3 is 0 Å². The second-order valence-corrected chi connectivity index (χ2v) is 6.47. The zero-order valence-corrected chi connectivity index (χ0v) is 13.5. The molecule has 4 nitrogen and oxygen atoms in total. The highest BCUT2D eigenvalue weighted by Gasteiger charge is 2.04. The minimum absolute atomic E-state index is 0.244. The van der Waals surface area contributed by atoms with E-state index in [-0.39, 0.29) is 12.3 Å². The van der Waals surface area contributed by atoms with E-state index in [1.54, 1.807) is 29.1 Å². The van der Waals surface area contributed by atoms with E-state index in [1.165, 1.54) is 11.3 Å². The van der Waals surface area contributed by atoms with Crippen molar-refractivity contribution in [2.75, 3.05) is 6.67 Å². The minimum Gasteiger partial charge on any atom is -0.508 e. The van der Waals surface area contributed by atoms with Crippen LogP contribution in [0.2, 0.25) is 0 Å². The fraction of sp³-hybridized carbons (Fsp3) is 0.111. The number of aryl methyl sites for hydroxylation is 1. The number of benzene rings is 2. The minimum atomic E-state index is -0.435. The zero-order chi connectivity index (χ0) is 16.5. The number of thiazole rings is 1. The molecule has 4 aromatic rings. The van der Waals surface area contributed by atoms with Crippen LogP contribution in [0.3, 0.4) is 0 Å². The van der Waals surface area contributed by atoms with Crippen LogP contribution in [0.25, 0.3) is 33.3 Å². The third kappa shape index (κ3) is 2.76. The molecule has 120 valence electrons. The number of rotatable bonds is 4. The quantitative estimate of drug-likeness (QED) is 0.596. The number of aromatic hydroxyl groups is 1. The highest BCUT2D eigenvalue weighted by molar-refractivity contribution is 7.19. The van der Waals surface area contributed by atoms with Gasteiger partial charge in [0.05, 0.1) is 28.5 Å². The number of aromatic nitrogens is 3. The van der Waals surface area contributed by atoms with E-state index < -0.39 is 6.67 Å². The maximum atomic E-state index is 12.6. The SMILES string of the molecule is Oc1ccc2nc(/C=C/c3ccc4cnn(CCF)c4c3)sc2c1. The number of phenols is 1. The molecule has 0 spiro atoms. The summed E-state index contributed by atoms with van der Waals surface area (Å²) in [4.78, 5) is 4.52. The van der Waals surface area contributed by atoms with Crippen molar-refractivity contribution in [2.24, 2.45) is 0 Å². The zero-order valence-electron chi connectivity index (χ0n) is 12.7. The molecule has 0 aliphatic heterocycles. The van der Waals surface area contributed by atoms with E-state index in [2.05, 4.69) is 10.1 Å². The lowest BCUT2D eigenvalue weighted by Crippen LogP contribution is -2.00. The molecule has 2 aromatic carbocycles. The Labute approximate surface area is 141 Å². The first-order valence-corrected chi connectivity index (χ1v) is 8.34. The van der Waals surface area contributed by atoms with Crippen LogP contribution in [0, 0.1) is 0 Å². The third-order valence-corrected chi connectivity index (χ3v) is 4.76. The Kier molecular flexibility index (Phi) is 3.74. The Hall–Kier alpha value is -2.73. The molecule has 0 amide bonds. The highest BCUT2D eigenvalue weighted by Crippen LogP contribution is 2.27. The lowest BCUT2D eigenvalue weighted by molar-refractivity contribution is 0.433. The van der Waals surface area contributed by atoms with Crippen LogP contribution >= 0.6 is 11.3 Å². The van der Waals surface area contributed by atoms with E-state index in [0.717, 1.165) is 31.7 Å². The number of fused-ring (bicyclic) bond motifs is 2. The van der Waals surface area contributed by atoms with Gasteiger partial charge in [0.2, 0.25) is 0 Å². The van der Waals surface area contributed by atoms with Gasteiger partial charge in [-0.15, -0.1) is 11.3 Å². The van der Waals surface area contributed by atoms with Gasteiger partial charge in [0.15, 0.2) is 0 Å². The normalized spacial score (nSPS) is 11.9. The summed E-state index contributed by atoms with van der Waals surface area (Å²) in [5.74, 6) is 0.244. The van der Waals surface area contributed by atoms with E-state index in [4.69, 9.17) is 0 Å². The first kappa shape index (κ1) is 14.8. The molecule has 0 aliphatic rings. The van der Waals surface area contributed by atoms with Crippen molar-refractivity contribution >= 4 is 44.6 Å². The number of halogens is 1. The van der Waals surface area contributed by atoms with Gasteiger partial charge in [0.1, 0.15) is 17.4 Å². The topological polar surface area (TPSA) is 50.9 Å². The van der Waals surface area contributed by atoms with Crippen molar-refractivity contribution < 1.29 is 9.50 Å². The van der Waals surface area contributed by atoms with Crippen molar-refractivity contribution in [3.63, 3.8) is 0 Å². The summed E-state index contributed by atoms with van der Waals surface area (Å²) in [5, 5.41) is 15.6. The van der Waals surface area contributed by atoms with Crippen molar-refractivity contribution in [2.45, 2.75) is 6.54 Å². The summed E-state index contributed by atoms with van der Waals surface area (Å²) in [6, 6.07) is 11.1. The molecule has 0 atom stereocenters. The number of hydrogen-bond acceptors (Lipinski definition) is 4. The molecule has 2 heterocycles. The van der Waals surface area contributed by atoms with Crippen LogP contribution in [0.5, 0.6) is 5.75 Å². The predicted molar refractivity (Wildman–Crippen MR) is 95.9 cm³/mol. The average molecular weight is 339 g/mol. The van der Waals surface area contributed by atoms with E-state index in [0.29, 0.717) is 0 Å². The molecular formula is C18H14FN3OS. The second-order valence-electron chi connectivity index (χ2n) is 5.41. The number of phenolic OH excluding ortho intramolecular Hbond substituents is 1. The molecule has 2 aromatic heterocycles. The van der Waals surface area contributed by atoms with Gasteiger partial charge in [-0.2, -0.15) is 5.10 Å². The Morgan fingerprint density at radius 2 is 2.08 bits per heavy atom. The van der Waals surface area contributed by atoms with Crippen molar-refractivity contribution in [3.05, 3.63) is 53.2 Å². The molecule has 0 saturated heterocycles. The standard InChI is InChI=1S/C18H14FN3OS/c19-7-8-22-16-9-12(1-3-13(16)11-20-22)2-6-18-21-15-5-4-14(23)10-17(15)24-18/h1-6,9-11,23H,7-8H2/b6-2+. The monoisotopic (exact) mass is 339 g/mol. The molecular weight excluding hydrogens is 325 g/mol. The molecule has 0 fully saturated rings. The summed E-state index contributed by atoms with van der Waals surface area (Å²) >= 11 is 1.52. The summed E-state index contributed by atoms with van der Waals surface area (Å²) < 4.78 is 15.2. The van der Waals surface area contributed by atoms with Crippen molar-refractivity contribution in [1.29, 1.82) is 0 Å². The molecule has 0 unspecified atom stereocenters. The van der Waals surface area contributed by atoms with Gasteiger partial charge in [0, 0.05) is 5.39 Å². The van der Waals surface area contributed by atoms with Crippen LogP contribution in [-0.4, -0.2) is 26.5 Å². The highest BCUT2D eigenvalue weighted by atomic mass is 32.1. The number of nitrogens with zero attached hydrogens (tertiary/aromatic N) is 3. The van der Waals surface area contributed by atoms with Gasteiger partial charge in [-0.1, -0.05) is 18.2 Å². The van der Waals surface area contributed by atoms with Crippen molar-refractivity contribution in [3.8, 4) is 5.75 Å². The molecule has 6 heteroatoms. The van der Waals surface area contributed by atoms with Gasteiger partial charge in [0.25, 0.3) is 0 Å². The molecule has 0 bridgehead atoms. The largest absolute Gasteiger partial charge is 0.508 e. The number of hydrogen-bond donors (Lipinski definition) is 1. The van der Waals surface area contributed by atoms with Crippen LogP contribution < -0.4 is 0 Å².